The lowest BCUT2D eigenvalue weighted by molar-refractivity contribution is 0.0397. The Morgan fingerprint density at radius 2 is 2.14 bits per heavy atom. The van der Waals surface area contributed by atoms with Crippen LogP contribution in [0.5, 0.6) is 0 Å². The number of nitrogens with zero attached hydrogens (tertiary/aromatic N) is 3. The number of hydrogen-bond acceptors (Lipinski definition) is 5. The molecule has 0 aliphatic carbocycles. The molecule has 1 unspecified atom stereocenters. The third-order valence-electron chi connectivity index (χ3n) is 4.95. The first kappa shape index (κ1) is 20.9. The van der Waals surface area contributed by atoms with Gasteiger partial charge < -0.3 is 19.9 Å². The van der Waals surface area contributed by atoms with Crippen LogP contribution < -0.4 is 10.7 Å². The van der Waals surface area contributed by atoms with Gasteiger partial charge in [-0.15, -0.1) is 6.58 Å². The second kappa shape index (κ2) is 10.1. The molecular formula is C21H28FN5O2. The first-order valence-corrected chi connectivity index (χ1v) is 9.93. The van der Waals surface area contributed by atoms with E-state index in [0.29, 0.717) is 13.2 Å². The molecule has 8 heteroatoms. The number of rotatable bonds is 7. The number of halogens is 1. The number of anilines is 1. The molecule has 29 heavy (non-hydrogen) atoms. The van der Waals surface area contributed by atoms with Crippen LogP contribution >= 0.6 is 0 Å². The summed E-state index contributed by atoms with van der Waals surface area (Å²) in [5, 5.41) is 6.57. The zero-order valence-corrected chi connectivity index (χ0v) is 16.7. The van der Waals surface area contributed by atoms with E-state index in [4.69, 9.17) is 4.74 Å². The Bertz CT molecular complexity index is 789. The molecule has 0 saturated carbocycles. The number of hydrazone groups is 1. The molecule has 1 saturated heterocycles. The Kier molecular flexibility index (Phi) is 7.24. The van der Waals surface area contributed by atoms with Gasteiger partial charge in [0.25, 0.3) is 0 Å². The topological polar surface area (TPSA) is 69.2 Å². The maximum atomic E-state index is 13.7. The lowest BCUT2D eigenvalue weighted by atomic mass is 10.0. The van der Waals surface area contributed by atoms with Gasteiger partial charge in [-0.1, -0.05) is 25.1 Å². The van der Waals surface area contributed by atoms with E-state index in [2.05, 4.69) is 39.1 Å². The number of ether oxygens (including phenoxy) is 1. The van der Waals surface area contributed by atoms with Gasteiger partial charge in [0, 0.05) is 37.7 Å². The normalized spacial score (nSPS) is 19.7. The van der Waals surface area contributed by atoms with E-state index in [9.17, 15) is 9.18 Å². The Morgan fingerprint density at radius 3 is 2.83 bits per heavy atom. The molecule has 0 spiro atoms. The molecule has 0 aromatic heterocycles. The molecular weight excluding hydrogens is 373 g/mol. The van der Waals surface area contributed by atoms with Crippen molar-refractivity contribution in [3.8, 4) is 0 Å². The Hall–Kier alpha value is -2.87. The van der Waals surface area contributed by atoms with Gasteiger partial charge in [0.15, 0.2) is 0 Å². The van der Waals surface area contributed by atoms with Gasteiger partial charge in [-0.3, -0.25) is 0 Å². The fourth-order valence-corrected chi connectivity index (χ4v) is 3.62. The van der Waals surface area contributed by atoms with Gasteiger partial charge in [0.05, 0.1) is 25.1 Å². The fourth-order valence-electron chi connectivity index (χ4n) is 3.62. The first-order valence-electron chi connectivity index (χ1n) is 9.93. The Labute approximate surface area is 170 Å². The van der Waals surface area contributed by atoms with E-state index >= 15 is 0 Å². The van der Waals surface area contributed by atoms with E-state index in [1.54, 1.807) is 18.3 Å². The molecule has 1 aromatic rings. The van der Waals surface area contributed by atoms with Crippen molar-refractivity contribution in [3.05, 3.63) is 54.1 Å². The van der Waals surface area contributed by atoms with Crippen molar-refractivity contribution >= 4 is 17.9 Å². The van der Waals surface area contributed by atoms with Crippen LogP contribution in [0.1, 0.15) is 13.3 Å². The molecule has 0 bridgehead atoms. The molecule has 7 nitrogen and oxygen atoms in total. The molecule has 2 aliphatic rings. The van der Waals surface area contributed by atoms with Gasteiger partial charge in [0.1, 0.15) is 11.6 Å². The average Bonchev–Trinajstić information content (AvgIpc) is 3.08. The molecule has 2 aliphatic heterocycles. The van der Waals surface area contributed by atoms with Crippen LogP contribution in [0.15, 0.2) is 53.4 Å². The maximum Gasteiger partial charge on any atom is 0.339 e. The number of urea groups is 1. The van der Waals surface area contributed by atoms with Crippen LogP contribution in [0.3, 0.4) is 0 Å². The largest absolute Gasteiger partial charge is 0.378 e. The van der Waals surface area contributed by atoms with Crippen molar-refractivity contribution in [1.82, 2.24) is 15.2 Å². The number of carbonyl (C=O) groups excluding carboxylic acids is 1. The standard InChI is InChI=1S/C21H28FN5O2/c1-3-9-27-15-16(4-2)17(20(27)26-10-12-29-13-11-26)14-23-25-21(28)24-19-8-6-5-7-18(19)22/h4-8,14,16H,2-3,9-13,15H2,1H3,(H2,24,25,28)/b23-14+. The third kappa shape index (κ3) is 5.14. The molecule has 1 atom stereocenters. The summed E-state index contributed by atoms with van der Waals surface area (Å²) < 4.78 is 19.2. The zero-order valence-electron chi connectivity index (χ0n) is 16.7. The van der Waals surface area contributed by atoms with Crippen molar-refractivity contribution in [1.29, 1.82) is 0 Å². The summed E-state index contributed by atoms with van der Waals surface area (Å²) in [5.74, 6) is 0.751. The smallest absolute Gasteiger partial charge is 0.339 e. The summed E-state index contributed by atoms with van der Waals surface area (Å²) in [7, 11) is 0. The van der Waals surface area contributed by atoms with Crippen molar-refractivity contribution < 1.29 is 13.9 Å². The van der Waals surface area contributed by atoms with Crippen molar-refractivity contribution in [2.75, 3.05) is 44.7 Å². The van der Waals surface area contributed by atoms with Crippen molar-refractivity contribution in [2.24, 2.45) is 11.0 Å². The molecule has 2 heterocycles. The molecule has 1 aromatic carbocycles. The number of hydrogen-bond donors (Lipinski definition) is 2. The summed E-state index contributed by atoms with van der Waals surface area (Å²) in [4.78, 5) is 16.7. The van der Waals surface area contributed by atoms with Gasteiger partial charge in [-0.05, 0) is 18.6 Å². The van der Waals surface area contributed by atoms with Crippen LogP contribution in [0, 0.1) is 11.7 Å². The molecule has 2 amide bonds. The number of morpholine rings is 1. The van der Waals surface area contributed by atoms with Gasteiger partial charge in [-0.2, -0.15) is 5.10 Å². The monoisotopic (exact) mass is 401 g/mol. The molecule has 1 fully saturated rings. The van der Waals surface area contributed by atoms with E-state index in [-0.39, 0.29) is 11.6 Å². The van der Waals surface area contributed by atoms with Gasteiger partial charge >= 0.3 is 6.03 Å². The maximum absolute atomic E-state index is 13.7. The molecule has 3 rings (SSSR count). The minimum Gasteiger partial charge on any atom is -0.378 e. The van der Waals surface area contributed by atoms with Crippen molar-refractivity contribution in [3.63, 3.8) is 0 Å². The van der Waals surface area contributed by atoms with E-state index in [1.807, 2.05) is 6.08 Å². The molecule has 2 N–H and O–H groups in total. The highest BCUT2D eigenvalue weighted by molar-refractivity contribution is 5.90. The van der Waals surface area contributed by atoms with Gasteiger partial charge in [0.2, 0.25) is 0 Å². The highest BCUT2D eigenvalue weighted by Gasteiger charge is 2.32. The third-order valence-corrected chi connectivity index (χ3v) is 4.95. The number of benzene rings is 1. The average molecular weight is 401 g/mol. The summed E-state index contributed by atoms with van der Waals surface area (Å²) in [6.07, 6.45) is 4.62. The first-order chi connectivity index (χ1) is 14.1. The lowest BCUT2D eigenvalue weighted by Crippen LogP contribution is -2.41. The van der Waals surface area contributed by atoms with Crippen LogP contribution in [0.25, 0.3) is 0 Å². The number of amides is 2. The van der Waals surface area contributed by atoms with Crippen LogP contribution in [0.2, 0.25) is 0 Å². The number of carbonyl (C=O) groups is 1. The second-order valence-corrected chi connectivity index (χ2v) is 6.97. The predicted molar refractivity (Wildman–Crippen MR) is 112 cm³/mol. The van der Waals surface area contributed by atoms with Crippen LogP contribution in [-0.4, -0.2) is 61.4 Å². The SMILES string of the molecule is C=CC1CN(CCC)C(N2CCOCC2)=C1/C=N/NC(=O)Nc1ccccc1F. The summed E-state index contributed by atoms with van der Waals surface area (Å²) >= 11 is 0. The number of para-hydroxylation sites is 1. The quantitative estimate of drug-likeness (QED) is 0.419. The van der Waals surface area contributed by atoms with Crippen LogP contribution in [-0.2, 0) is 4.74 Å². The predicted octanol–water partition coefficient (Wildman–Crippen LogP) is 3.00. The van der Waals surface area contributed by atoms with E-state index < -0.39 is 11.8 Å². The highest BCUT2D eigenvalue weighted by Crippen LogP contribution is 2.31. The lowest BCUT2D eigenvalue weighted by Gasteiger charge is -2.35. The molecule has 0 radical (unpaired) electrons. The molecule has 156 valence electrons. The Balaban J connectivity index is 1.74. The highest BCUT2D eigenvalue weighted by atomic mass is 19.1. The summed E-state index contributed by atoms with van der Waals surface area (Å²) in [6.45, 7) is 10.9. The fraction of sp³-hybridized carbons (Fsp3) is 0.429. The minimum absolute atomic E-state index is 0.104. The summed E-state index contributed by atoms with van der Waals surface area (Å²) in [6, 6.07) is 5.39. The number of nitrogens with one attached hydrogen (secondary N) is 2. The van der Waals surface area contributed by atoms with Crippen LogP contribution in [0.4, 0.5) is 14.9 Å². The van der Waals surface area contributed by atoms with Gasteiger partial charge in [-0.25, -0.2) is 14.6 Å². The Morgan fingerprint density at radius 1 is 1.38 bits per heavy atom. The van der Waals surface area contributed by atoms with E-state index in [1.165, 1.54) is 12.1 Å². The summed E-state index contributed by atoms with van der Waals surface area (Å²) in [5.41, 5.74) is 3.54. The minimum atomic E-state index is -0.599. The van der Waals surface area contributed by atoms with Crippen molar-refractivity contribution in [2.45, 2.75) is 13.3 Å². The van der Waals surface area contributed by atoms with E-state index in [0.717, 1.165) is 44.0 Å². The second-order valence-electron chi connectivity index (χ2n) is 6.97. The zero-order chi connectivity index (χ0) is 20.6.